The van der Waals surface area contributed by atoms with Crippen LogP contribution in [0.5, 0.6) is 0 Å². The maximum absolute atomic E-state index is 13.6. The summed E-state index contributed by atoms with van der Waals surface area (Å²) in [6, 6.07) is 18.2. The van der Waals surface area contributed by atoms with Gasteiger partial charge in [-0.25, -0.2) is 13.2 Å². The van der Waals surface area contributed by atoms with E-state index < -0.39 is 37.5 Å². The zero-order chi connectivity index (χ0) is 24.2. The first-order valence-corrected chi connectivity index (χ1v) is 11.7. The SMILES string of the molecule is CCOC(=O)[C@@H](C)N(c1ccc(-c2ccc(C)cc2)cc1)S(=O)(=O)c1ccccc1[N+](=O)[O-]. The predicted octanol–water partition coefficient (Wildman–Crippen LogP) is 4.72. The van der Waals surface area contributed by atoms with Crippen LogP contribution in [0.25, 0.3) is 11.1 Å². The van der Waals surface area contributed by atoms with Crippen molar-refractivity contribution in [3.05, 3.63) is 88.5 Å². The Morgan fingerprint density at radius 3 is 2.09 bits per heavy atom. The molecule has 3 aromatic carbocycles. The molecule has 0 amide bonds. The Hall–Kier alpha value is -3.72. The van der Waals surface area contributed by atoms with E-state index in [4.69, 9.17) is 4.74 Å². The average molecular weight is 469 g/mol. The molecule has 0 heterocycles. The highest BCUT2D eigenvalue weighted by Crippen LogP contribution is 2.33. The Bertz CT molecular complexity index is 1250. The summed E-state index contributed by atoms with van der Waals surface area (Å²) in [6.07, 6.45) is 0. The Labute approximate surface area is 192 Å². The molecule has 3 aromatic rings. The maximum atomic E-state index is 13.6. The van der Waals surface area contributed by atoms with E-state index in [1.807, 2.05) is 31.2 Å². The lowest BCUT2D eigenvalue weighted by atomic mass is 10.0. The molecule has 1 atom stereocenters. The molecule has 0 fully saturated rings. The minimum Gasteiger partial charge on any atom is -0.464 e. The number of rotatable bonds is 8. The number of ether oxygens (including phenoxy) is 1. The molecule has 33 heavy (non-hydrogen) atoms. The lowest BCUT2D eigenvalue weighted by molar-refractivity contribution is -0.387. The average Bonchev–Trinajstić information content (AvgIpc) is 2.80. The van der Waals surface area contributed by atoms with Crippen LogP contribution in [-0.4, -0.2) is 32.0 Å². The number of esters is 1. The monoisotopic (exact) mass is 468 g/mol. The van der Waals surface area contributed by atoms with Gasteiger partial charge in [-0.1, -0.05) is 54.1 Å². The van der Waals surface area contributed by atoms with Crippen molar-refractivity contribution >= 4 is 27.4 Å². The number of nitrogens with zero attached hydrogens (tertiary/aromatic N) is 2. The summed E-state index contributed by atoms with van der Waals surface area (Å²) >= 11 is 0. The first-order valence-electron chi connectivity index (χ1n) is 10.3. The van der Waals surface area contributed by atoms with Gasteiger partial charge < -0.3 is 4.74 Å². The van der Waals surface area contributed by atoms with Crippen LogP contribution < -0.4 is 4.31 Å². The van der Waals surface area contributed by atoms with Crippen LogP contribution in [0.4, 0.5) is 11.4 Å². The second-order valence-corrected chi connectivity index (χ2v) is 9.15. The molecular formula is C24H24N2O6S. The molecule has 0 N–H and O–H groups in total. The lowest BCUT2D eigenvalue weighted by Gasteiger charge is -2.29. The smallest absolute Gasteiger partial charge is 0.329 e. The molecule has 0 spiro atoms. The van der Waals surface area contributed by atoms with Gasteiger partial charge in [-0.15, -0.1) is 0 Å². The second kappa shape index (κ2) is 9.83. The van der Waals surface area contributed by atoms with Crippen LogP contribution in [0, 0.1) is 17.0 Å². The highest BCUT2D eigenvalue weighted by molar-refractivity contribution is 7.93. The molecule has 8 nitrogen and oxygen atoms in total. The molecule has 9 heteroatoms. The minimum atomic E-state index is -4.48. The first kappa shape index (κ1) is 23.9. The van der Waals surface area contributed by atoms with Crippen LogP contribution in [-0.2, 0) is 19.6 Å². The molecule has 0 bridgehead atoms. The molecule has 0 unspecified atom stereocenters. The number of aryl methyl sites for hydroxylation is 1. The number of nitro benzene ring substituents is 1. The highest BCUT2D eigenvalue weighted by Gasteiger charge is 2.38. The summed E-state index contributed by atoms with van der Waals surface area (Å²) in [5.74, 6) is -0.762. The normalized spacial score (nSPS) is 12.1. The zero-order valence-corrected chi connectivity index (χ0v) is 19.3. The van der Waals surface area contributed by atoms with E-state index in [1.54, 1.807) is 31.2 Å². The van der Waals surface area contributed by atoms with Crippen LogP contribution in [0.1, 0.15) is 19.4 Å². The molecule has 3 rings (SSSR count). The van der Waals surface area contributed by atoms with Gasteiger partial charge in [0, 0.05) is 6.07 Å². The van der Waals surface area contributed by atoms with E-state index in [-0.39, 0.29) is 12.3 Å². The van der Waals surface area contributed by atoms with E-state index in [0.717, 1.165) is 33.1 Å². The van der Waals surface area contributed by atoms with Crippen molar-refractivity contribution < 1.29 is 22.9 Å². The van der Waals surface area contributed by atoms with Gasteiger partial charge in [0.2, 0.25) is 0 Å². The fourth-order valence-corrected chi connectivity index (χ4v) is 5.18. The minimum absolute atomic E-state index is 0.0644. The number of para-hydroxylation sites is 1. The van der Waals surface area contributed by atoms with Crippen LogP contribution in [0.3, 0.4) is 0 Å². The topological polar surface area (TPSA) is 107 Å². The van der Waals surface area contributed by atoms with Gasteiger partial charge in [-0.2, -0.15) is 0 Å². The predicted molar refractivity (Wildman–Crippen MR) is 125 cm³/mol. The quantitative estimate of drug-likeness (QED) is 0.269. The van der Waals surface area contributed by atoms with Crippen LogP contribution in [0.15, 0.2) is 77.7 Å². The summed E-state index contributed by atoms with van der Waals surface area (Å²) in [4.78, 5) is 22.7. The number of nitro groups is 1. The van der Waals surface area contributed by atoms with Crippen molar-refractivity contribution in [2.45, 2.75) is 31.7 Å². The van der Waals surface area contributed by atoms with Crippen molar-refractivity contribution in [1.29, 1.82) is 0 Å². The Kier molecular flexibility index (Phi) is 7.13. The third kappa shape index (κ3) is 5.04. The molecule has 0 aliphatic carbocycles. The van der Waals surface area contributed by atoms with Crippen molar-refractivity contribution in [1.82, 2.24) is 0 Å². The van der Waals surface area contributed by atoms with E-state index in [0.29, 0.717) is 0 Å². The maximum Gasteiger partial charge on any atom is 0.329 e. The van der Waals surface area contributed by atoms with Gasteiger partial charge in [0.1, 0.15) is 6.04 Å². The highest BCUT2D eigenvalue weighted by atomic mass is 32.2. The Balaban J connectivity index is 2.12. The molecule has 0 aliphatic heterocycles. The second-order valence-electron chi connectivity index (χ2n) is 7.37. The number of hydrogen-bond donors (Lipinski definition) is 0. The van der Waals surface area contributed by atoms with Crippen LogP contribution >= 0.6 is 0 Å². The number of carbonyl (C=O) groups excluding carboxylic acids is 1. The molecule has 0 aromatic heterocycles. The largest absolute Gasteiger partial charge is 0.464 e. The van der Waals surface area contributed by atoms with Crippen LogP contribution in [0.2, 0.25) is 0 Å². The molecule has 172 valence electrons. The summed E-state index contributed by atoms with van der Waals surface area (Å²) in [6.45, 7) is 5.05. The number of sulfonamides is 1. The number of anilines is 1. The molecular weight excluding hydrogens is 444 g/mol. The lowest BCUT2D eigenvalue weighted by Crippen LogP contribution is -2.44. The Morgan fingerprint density at radius 1 is 1.00 bits per heavy atom. The summed E-state index contributed by atoms with van der Waals surface area (Å²) in [5, 5.41) is 11.5. The number of benzene rings is 3. The summed E-state index contributed by atoms with van der Waals surface area (Å²) < 4.78 is 33.1. The van der Waals surface area contributed by atoms with Gasteiger partial charge in [0.05, 0.1) is 17.2 Å². The van der Waals surface area contributed by atoms with Gasteiger partial charge in [0.15, 0.2) is 4.90 Å². The van der Waals surface area contributed by atoms with Crippen molar-refractivity contribution in [2.75, 3.05) is 10.9 Å². The number of carbonyl (C=O) groups is 1. The van der Waals surface area contributed by atoms with E-state index in [1.165, 1.54) is 19.1 Å². The molecule has 0 saturated carbocycles. The summed E-state index contributed by atoms with van der Waals surface area (Å²) in [7, 11) is -4.48. The fourth-order valence-electron chi connectivity index (χ4n) is 3.41. The van der Waals surface area contributed by atoms with E-state index in [9.17, 15) is 23.3 Å². The molecule has 0 radical (unpaired) electrons. The van der Waals surface area contributed by atoms with E-state index >= 15 is 0 Å². The molecule has 0 aliphatic rings. The van der Waals surface area contributed by atoms with Crippen molar-refractivity contribution in [2.24, 2.45) is 0 Å². The first-order chi connectivity index (χ1) is 15.7. The molecule has 0 saturated heterocycles. The van der Waals surface area contributed by atoms with Crippen molar-refractivity contribution in [3.8, 4) is 11.1 Å². The van der Waals surface area contributed by atoms with Gasteiger partial charge in [0.25, 0.3) is 15.7 Å². The third-order valence-electron chi connectivity index (χ3n) is 5.08. The zero-order valence-electron chi connectivity index (χ0n) is 18.5. The third-order valence-corrected chi connectivity index (χ3v) is 7.03. The number of hydrogen-bond acceptors (Lipinski definition) is 6. The van der Waals surface area contributed by atoms with Gasteiger partial charge >= 0.3 is 5.97 Å². The van der Waals surface area contributed by atoms with Gasteiger partial charge in [-0.05, 0) is 50.1 Å². The van der Waals surface area contributed by atoms with Crippen molar-refractivity contribution in [3.63, 3.8) is 0 Å². The Morgan fingerprint density at radius 2 is 1.55 bits per heavy atom. The standard InChI is InChI=1S/C24H24N2O6S/c1-4-32-24(27)18(3)25(33(30,31)23-8-6-5-7-22(23)26(28)29)21-15-13-20(14-16-21)19-11-9-17(2)10-12-19/h5-16,18H,4H2,1-3H3/t18-/m1/s1. The van der Waals surface area contributed by atoms with E-state index in [2.05, 4.69) is 0 Å². The van der Waals surface area contributed by atoms with Gasteiger partial charge in [-0.3, -0.25) is 14.4 Å². The summed E-state index contributed by atoms with van der Waals surface area (Å²) in [5.41, 5.74) is 2.52. The fraction of sp³-hybridized carbons (Fsp3) is 0.208.